The van der Waals surface area contributed by atoms with Gasteiger partial charge in [0.25, 0.3) is 0 Å². The van der Waals surface area contributed by atoms with Gasteiger partial charge in [0, 0.05) is 18.1 Å². The van der Waals surface area contributed by atoms with E-state index in [1.165, 1.54) is 0 Å². The molecule has 2 N–H and O–H groups in total. The van der Waals surface area contributed by atoms with Crippen molar-refractivity contribution < 1.29 is 9.59 Å². The van der Waals surface area contributed by atoms with Crippen LogP contribution < -0.4 is 10.6 Å². The number of rotatable bonds is 7. The molecule has 0 unspecified atom stereocenters. The maximum Gasteiger partial charge on any atom is 0.229 e. The van der Waals surface area contributed by atoms with Gasteiger partial charge in [-0.05, 0) is 30.0 Å². The molecule has 20 heavy (non-hydrogen) atoms. The SMILES string of the molecule is CC(C)CCNC(=O)CC(=O)NCc1ccc(Cl)cc1. The average Bonchev–Trinajstić information content (AvgIpc) is 2.37. The van der Waals surface area contributed by atoms with Gasteiger partial charge in [-0.3, -0.25) is 9.59 Å². The van der Waals surface area contributed by atoms with Crippen molar-refractivity contribution in [2.45, 2.75) is 33.2 Å². The van der Waals surface area contributed by atoms with Crippen molar-refractivity contribution in [1.82, 2.24) is 10.6 Å². The number of benzene rings is 1. The number of halogens is 1. The van der Waals surface area contributed by atoms with Crippen LogP contribution in [0.4, 0.5) is 0 Å². The van der Waals surface area contributed by atoms with Gasteiger partial charge in [-0.15, -0.1) is 0 Å². The maximum absolute atomic E-state index is 11.6. The normalized spacial score (nSPS) is 10.4. The Labute approximate surface area is 124 Å². The molecule has 0 bridgehead atoms. The third-order valence-electron chi connectivity index (χ3n) is 2.77. The van der Waals surface area contributed by atoms with Crippen LogP contribution in [-0.2, 0) is 16.1 Å². The predicted molar refractivity (Wildman–Crippen MR) is 80.4 cm³/mol. The van der Waals surface area contributed by atoms with Crippen LogP contribution in [0.25, 0.3) is 0 Å². The number of carbonyl (C=O) groups is 2. The van der Waals surface area contributed by atoms with E-state index in [4.69, 9.17) is 11.6 Å². The van der Waals surface area contributed by atoms with E-state index in [2.05, 4.69) is 24.5 Å². The van der Waals surface area contributed by atoms with E-state index in [-0.39, 0.29) is 18.2 Å². The maximum atomic E-state index is 11.6. The zero-order valence-electron chi connectivity index (χ0n) is 11.9. The van der Waals surface area contributed by atoms with Crippen molar-refractivity contribution in [2.24, 2.45) is 5.92 Å². The minimum atomic E-state index is -0.276. The van der Waals surface area contributed by atoms with Gasteiger partial charge in [0.15, 0.2) is 0 Å². The van der Waals surface area contributed by atoms with E-state index in [9.17, 15) is 9.59 Å². The Morgan fingerprint density at radius 1 is 1.10 bits per heavy atom. The molecule has 0 aliphatic rings. The molecule has 0 aromatic heterocycles. The van der Waals surface area contributed by atoms with Crippen molar-refractivity contribution in [3.8, 4) is 0 Å². The quantitative estimate of drug-likeness (QED) is 0.760. The average molecular weight is 297 g/mol. The molecule has 1 aromatic rings. The number of carbonyl (C=O) groups excluding carboxylic acids is 2. The van der Waals surface area contributed by atoms with Crippen molar-refractivity contribution >= 4 is 23.4 Å². The predicted octanol–water partition coefficient (Wildman–Crippen LogP) is 2.51. The molecule has 4 nitrogen and oxygen atoms in total. The van der Waals surface area contributed by atoms with Crippen LogP contribution in [-0.4, -0.2) is 18.4 Å². The second kappa shape index (κ2) is 8.59. The third kappa shape index (κ3) is 7.14. The van der Waals surface area contributed by atoms with E-state index >= 15 is 0 Å². The summed E-state index contributed by atoms with van der Waals surface area (Å²) in [5.41, 5.74) is 0.947. The monoisotopic (exact) mass is 296 g/mol. The molecular formula is C15H21ClN2O2. The van der Waals surface area contributed by atoms with Gasteiger partial charge in [0.05, 0.1) is 0 Å². The molecule has 0 radical (unpaired) electrons. The Kier molecular flexibility index (Phi) is 7.09. The molecule has 0 atom stereocenters. The number of hydrogen-bond acceptors (Lipinski definition) is 2. The highest BCUT2D eigenvalue weighted by molar-refractivity contribution is 6.30. The van der Waals surface area contributed by atoms with E-state index < -0.39 is 0 Å². The molecule has 0 heterocycles. The molecule has 1 aromatic carbocycles. The lowest BCUT2D eigenvalue weighted by molar-refractivity contribution is -0.129. The first-order valence-electron chi connectivity index (χ1n) is 6.75. The summed E-state index contributed by atoms with van der Waals surface area (Å²) >= 11 is 5.77. The van der Waals surface area contributed by atoms with Crippen molar-refractivity contribution in [3.05, 3.63) is 34.9 Å². The van der Waals surface area contributed by atoms with Crippen LogP contribution in [0.15, 0.2) is 24.3 Å². The molecule has 1 rings (SSSR count). The van der Waals surface area contributed by atoms with Crippen LogP contribution in [0.1, 0.15) is 32.3 Å². The minimum Gasteiger partial charge on any atom is -0.356 e. The topological polar surface area (TPSA) is 58.2 Å². The second-order valence-electron chi connectivity index (χ2n) is 5.11. The van der Waals surface area contributed by atoms with Gasteiger partial charge in [0.2, 0.25) is 11.8 Å². The zero-order chi connectivity index (χ0) is 15.0. The number of hydrogen-bond donors (Lipinski definition) is 2. The summed E-state index contributed by atoms with van der Waals surface area (Å²) in [7, 11) is 0. The largest absolute Gasteiger partial charge is 0.356 e. The summed E-state index contributed by atoms with van der Waals surface area (Å²) in [6, 6.07) is 7.21. The molecule has 0 saturated heterocycles. The van der Waals surface area contributed by atoms with Gasteiger partial charge in [0.1, 0.15) is 6.42 Å². The Morgan fingerprint density at radius 2 is 1.70 bits per heavy atom. The Bertz CT molecular complexity index is 444. The van der Waals surface area contributed by atoms with E-state index in [0.717, 1.165) is 12.0 Å². The molecule has 0 spiro atoms. The summed E-state index contributed by atoms with van der Waals surface area (Å²) in [6.45, 7) is 5.19. The van der Waals surface area contributed by atoms with E-state index in [0.29, 0.717) is 24.0 Å². The lowest BCUT2D eigenvalue weighted by Gasteiger charge is -2.08. The molecule has 0 fully saturated rings. The first-order valence-corrected chi connectivity index (χ1v) is 7.13. The molecule has 0 aliphatic carbocycles. The van der Waals surface area contributed by atoms with Crippen molar-refractivity contribution in [2.75, 3.05) is 6.54 Å². The van der Waals surface area contributed by atoms with E-state index in [1.54, 1.807) is 12.1 Å². The highest BCUT2D eigenvalue weighted by atomic mass is 35.5. The molecule has 2 amide bonds. The van der Waals surface area contributed by atoms with Gasteiger partial charge < -0.3 is 10.6 Å². The zero-order valence-corrected chi connectivity index (χ0v) is 12.7. The molecule has 0 aliphatic heterocycles. The molecule has 5 heteroatoms. The Hall–Kier alpha value is -1.55. The van der Waals surface area contributed by atoms with Crippen LogP contribution in [0.2, 0.25) is 5.02 Å². The van der Waals surface area contributed by atoms with E-state index in [1.807, 2.05) is 12.1 Å². The number of amides is 2. The van der Waals surface area contributed by atoms with Crippen molar-refractivity contribution in [1.29, 1.82) is 0 Å². The first-order chi connectivity index (χ1) is 9.47. The van der Waals surface area contributed by atoms with Crippen LogP contribution >= 0.6 is 11.6 Å². The van der Waals surface area contributed by atoms with Crippen LogP contribution in [0.3, 0.4) is 0 Å². The van der Waals surface area contributed by atoms with Crippen LogP contribution in [0.5, 0.6) is 0 Å². The smallest absolute Gasteiger partial charge is 0.229 e. The molecular weight excluding hydrogens is 276 g/mol. The fraction of sp³-hybridized carbons (Fsp3) is 0.467. The summed E-state index contributed by atoms with van der Waals surface area (Å²) in [6.07, 6.45) is 0.782. The fourth-order valence-corrected chi connectivity index (χ4v) is 1.70. The lowest BCUT2D eigenvalue weighted by atomic mass is 10.1. The summed E-state index contributed by atoms with van der Waals surface area (Å²) in [4.78, 5) is 23.1. The Morgan fingerprint density at radius 3 is 2.30 bits per heavy atom. The van der Waals surface area contributed by atoms with Crippen molar-refractivity contribution in [3.63, 3.8) is 0 Å². The lowest BCUT2D eigenvalue weighted by Crippen LogP contribution is -2.32. The molecule has 110 valence electrons. The molecule has 0 saturated carbocycles. The summed E-state index contributed by atoms with van der Waals surface area (Å²) in [5, 5.41) is 6.10. The highest BCUT2D eigenvalue weighted by Crippen LogP contribution is 2.09. The van der Waals surface area contributed by atoms with Crippen LogP contribution in [0, 0.1) is 5.92 Å². The van der Waals surface area contributed by atoms with Gasteiger partial charge in [-0.25, -0.2) is 0 Å². The third-order valence-corrected chi connectivity index (χ3v) is 3.02. The minimum absolute atomic E-state index is 0.133. The Balaban J connectivity index is 2.22. The number of nitrogens with one attached hydrogen (secondary N) is 2. The fourth-order valence-electron chi connectivity index (χ4n) is 1.57. The second-order valence-corrected chi connectivity index (χ2v) is 5.55. The summed E-state index contributed by atoms with van der Waals surface area (Å²) < 4.78 is 0. The highest BCUT2D eigenvalue weighted by Gasteiger charge is 2.08. The van der Waals surface area contributed by atoms with Gasteiger partial charge in [-0.1, -0.05) is 37.6 Å². The summed E-state index contributed by atoms with van der Waals surface area (Å²) in [5.74, 6) is 0.0234. The van der Waals surface area contributed by atoms with Gasteiger partial charge in [-0.2, -0.15) is 0 Å². The standard InChI is InChI=1S/C15H21ClN2O2/c1-11(2)7-8-17-14(19)9-15(20)18-10-12-3-5-13(16)6-4-12/h3-6,11H,7-10H2,1-2H3,(H,17,19)(H,18,20). The van der Waals surface area contributed by atoms with Gasteiger partial charge >= 0.3 is 0 Å². The first kappa shape index (κ1) is 16.5.